The van der Waals surface area contributed by atoms with Crippen LogP contribution in [-0.2, 0) is 20.9 Å². The van der Waals surface area contributed by atoms with Crippen LogP contribution in [-0.4, -0.2) is 69.5 Å². The Morgan fingerprint density at radius 3 is 2.39 bits per heavy atom. The van der Waals surface area contributed by atoms with Gasteiger partial charge in [-0.2, -0.15) is 0 Å². The molecule has 0 spiro atoms. The van der Waals surface area contributed by atoms with Crippen LogP contribution in [0.15, 0.2) is 73.1 Å². The molecule has 8 heteroatoms. The first-order chi connectivity index (χ1) is 19.9. The van der Waals surface area contributed by atoms with E-state index >= 15 is 0 Å². The highest BCUT2D eigenvalue weighted by Crippen LogP contribution is 2.33. The van der Waals surface area contributed by atoms with E-state index in [0.29, 0.717) is 25.5 Å². The molecule has 41 heavy (non-hydrogen) atoms. The molecule has 3 heterocycles. The van der Waals surface area contributed by atoms with Crippen molar-refractivity contribution in [3.8, 4) is 11.4 Å². The van der Waals surface area contributed by atoms with Crippen molar-refractivity contribution in [1.82, 2.24) is 25.1 Å². The van der Waals surface area contributed by atoms with Crippen LogP contribution in [0.1, 0.15) is 57.2 Å². The standard InChI is InChI=1S/C33H41N5O3/c1-23(2)33(40)38-24(3)21-37(29(19-28-11-7-18-41-28)26-9-5-4-6-10-26)22-30(38)32(39)36-20-25-12-14-27(15-13-25)31-34-16-8-17-35-31/h4-6,8-10,12-17,23-24,28-30H,7,11,18-22H2,1-3H3,(H,36,39)/t24-,28?,29-,30-/m1/s1. The molecule has 1 N–H and O–H groups in total. The molecule has 0 radical (unpaired) electrons. The van der Waals surface area contributed by atoms with Crippen LogP contribution in [0, 0.1) is 5.92 Å². The maximum Gasteiger partial charge on any atom is 0.244 e. The maximum absolute atomic E-state index is 13.8. The van der Waals surface area contributed by atoms with Gasteiger partial charge in [-0.15, -0.1) is 0 Å². The Kier molecular flexibility index (Phi) is 9.42. The van der Waals surface area contributed by atoms with E-state index in [0.717, 1.165) is 37.0 Å². The number of aromatic nitrogens is 2. The van der Waals surface area contributed by atoms with Crippen LogP contribution in [0.2, 0.25) is 0 Å². The van der Waals surface area contributed by atoms with Gasteiger partial charge in [0, 0.05) is 62.2 Å². The first-order valence-electron chi connectivity index (χ1n) is 14.8. The van der Waals surface area contributed by atoms with Crippen LogP contribution in [0.4, 0.5) is 0 Å². The molecule has 0 bridgehead atoms. The summed E-state index contributed by atoms with van der Waals surface area (Å²) in [6, 6.07) is 19.6. The number of piperazine rings is 1. The van der Waals surface area contributed by atoms with Crippen molar-refractivity contribution in [3.63, 3.8) is 0 Å². The van der Waals surface area contributed by atoms with Crippen LogP contribution in [0.3, 0.4) is 0 Å². The predicted octanol–water partition coefficient (Wildman–Crippen LogP) is 4.63. The highest BCUT2D eigenvalue weighted by molar-refractivity contribution is 5.89. The monoisotopic (exact) mass is 555 g/mol. The average Bonchev–Trinajstić information content (AvgIpc) is 3.52. The number of hydrogen-bond donors (Lipinski definition) is 1. The Morgan fingerprint density at radius 2 is 1.73 bits per heavy atom. The van der Waals surface area contributed by atoms with Gasteiger partial charge in [-0.05, 0) is 43.4 Å². The van der Waals surface area contributed by atoms with E-state index < -0.39 is 6.04 Å². The number of carbonyl (C=O) groups is 2. The van der Waals surface area contributed by atoms with Gasteiger partial charge in [0.25, 0.3) is 0 Å². The fraction of sp³-hybridized carbons (Fsp3) is 0.455. The number of rotatable bonds is 9. The lowest BCUT2D eigenvalue weighted by Crippen LogP contribution is -2.65. The quantitative estimate of drug-likeness (QED) is 0.414. The number of hydrogen-bond acceptors (Lipinski definition) is 6. The summed E-state index contributed by atoms with van der Waals surface area (Å²) in [5.74, 6) is 0.358. The lowest BCUT2D eigenvalue weighted by molar-refractivity contribution is -0.151. The Labute approximate surface area is 243 Å². The van der Waals surface area contributed by atoms with Crippen molar-refractivity contribution in [1.29, 1.82) is 0 Å². The number of nitrogens with zero attached hydrogens (tertiary/aromatic N) is 4. The number of nitrogens with one attached hydrogen (secondary N) is 1. The highest BCUT2D eigenvalue weighted by Gasteiger charge is 2.42. The molecule has 5 rings (SSSR count). The van der Waals surface area contributed by atoms with Gasteiger partial charge >= 0.3 is 0 Å². The summed E-state index contributed by atoms with van der Waals surface area (Å²) >= 11 is 0. The molecular weight excluding hydrogens is 514 g/mol. The van der Waals surface area contributed by atoms with E-state index in [9.17, 15) is 9.59 Å². The zero-order valence-corrected chi connectivity index (χ0v) is 24.3. The zero-order chi connectivity index (χ0) is 28.8. The van der Waals surface area contributed by atoms with Gasteiger partial charge in [-0.25, -0.2) is 9.97 Å². The van der Waals surface area contributed by atoms with Crippen molar-refractivity contribution in [3.05, 3.63) is 84.2 Å². The minimum absolute atomic E-state index is 0.0138. The summed E-state index contributed by atoms with van der Waals surface area (Å²) < 4.78 is 6.03. The summed E-state index contributed by atoms with van der Waals surface area (Å²) in [4.78, 5) is 40.0. The third-order valence-corrected chi connectivity index (χ3v) is 8.15. The molecule has 2 amide bonds. The third-order valence-electron chi connectivity index (χ3n) is 8.15. The first kappa shape index (κ1) is 28.9. The first-order valence-corrected chi connectivity index (χ1v) is 14.8. The molecule has 2 saturated heterocycles. The minimum Gasteiger partial charge on any atom is -0.378 e. The lowest BCUT2D eigenvalue weighted by Gasteiger charge is -2.48. The average molecular weight is 556 g/mol. The molecule has 2 aliphatic rings. The molecule has 2 fully saturated rings. The predicted molar refractivity (Wildman–Crippen MR) is 159 cm³/mol. The minimum atomic E-state index is -0.582. The van der Waals surface area contributed by atoms with E-state index in [2.05, 4.69) is 51.4 Å². The van der Waals surface area contributed by atoms with Gasteiger partial charge in [-0.3, -0.25) is 14.5 Å². The Morgan fingerprint density at radius 1 is 1.00 bits per heavy atom. The summed E-state index contributed by atoms with van der Waals surface area (Å²) in [5.41, 5.74) is 3.12. The summed E-state index contributed by atoms with van der Waals surface area (Å²) in [6.07, 6.45) is 6.67. The van der Waals surface area contributed by atoms with Crippen LogP contribution >= 0.6 is 0 Å². The third kappa shape index (κ3) is 7.00. The lowest BCUT2D eigenvalue weighted by atomic mass is 9.94. The van der Waals surface area contributed by atoms with Gasteiger partial charge in [0.1, 0.15) is 6.04 Å². The topological polar surface area (TPSA) is 87.7 Å². The summed E-state index contributed by atoms with van der Waals surface area (Å²) in [5, 5.41) is 3.13. The normalized spacial score (nSPS) is 22.0. The Hall–Kier alpha value is -3.62. The SMILES string of the molecule is CC(C)C(=O)N1[C@H](C)CN([C@H](CC2CCCO2)c2ccccc2)C[C@@H]1C(=O)NCc1ccc(-c2ncccn2)cc1. The molecule has 3 aromatic rings. The van der Waals surface area contributed by atoms with Crippen LogP contribution < -0.4 is 5.32 Å². The molecule has 2 aliphatic heterocycles. The second kappa shape index (κ2) is 13.4. The molecule has 1 unspecified atom stereocenters. The zero-order valence-electron chi connectivity index (χ0n) is 24.3. The van der Waals surface area contributed by atoms with Gasteiger partial charge < -0.3 is 15.0 Å². The number of benzene rings is 2. The number of ether oxygens (including phenoxy) is 1. The van der Waals surface area contributed by atoms with Crippen molar-refractivity contribution in [2.75, 3.05) is 19.7 Å². The van der Waals surface area contributed by atoms with Gasteiger partial charge in [0.05, 0.1) is 6.10 Å². The van der Waals surface area contributed by atoms with Gasteiger partial charge in [0.2, 0.25) is 11.8 Å². The molecule has 2 aromatic carbocycles. The van der Waals surface area contributed by atoms with Gasteiger partial charge in [0.15, 0.2) is 5.82 Å². The second-order valence-corrected chi connectivity index (χ2v) is 11.5. The van der Waals surface area contributed by atoms with E-state index in [4.69, 9.17) is 4.74 Å². The number of amides is 2. The van der Waals surface area contributed by atoms with Crippen molar-refractivity contribution >= 4 is 11.8 Å². The fourth-order valence-corrected chi connectivity index (χ4v) is 6.03. The summed E-state index contributed by atoms with van der Waals surface area (Å²) in [7, 11) is 0. The molecule has 1 aromatic heterocycles. The van der Waals surface area contributed by atoms with Crippen molar-refractivity contribution in [2.24, 2.45) is 5.92 Å². The van der Waals surface area contributed by atoms with E-state index in [1.807, 2.05) is 49.1 Å². The molecular formula is C33H41N5O3. The van der Waals surface area contributed by atoms with Crippen molar-refractivity contribution < 1.29 is 14.3 Å². The Balaban J connectivity index is 1.34. The van der Waals surface area contributed by atoms with E-state index in [-0.39, 0.29) is 35.9 Å². The van der Waals surface area contributed by atoms with Crippen LogP contribution in [0.5, 0.6) is 0 Å². The highest BCUT2D eigenvalue weighted by atomic mass is 16.5. The second-order valence-electron chi connectivity index (χ2n) is 11.5. The molecule has 216 valence electrons. The largest absolute Gasteiger partial charge is 0.378 e. The molecule has 0 saturated carbocycles. The van der Waals surface area contributed by atoms with Crippen molar-refractivity contribution in [2.45, 2.75) is 70.8 Å². The van der Waals surface area contributed by atoms with E-state index in [1.165, 1.54) is 5.56 Å². The molecule has 8 nitrogen and oxygen atoms in total. The Bertz CT molecular complexity index is 1280. The fourth-order valence-electron chi connectivity index (χ4n) is 6.03. The number of carbonyl (C=O) groups excluding carboxylic acids is 2. The van der Waals surface area contributed by atoms with Gasteiger partial charge in [-0.1, -0.05) is 68.4 Å². The summed E-state index contributed by atoms with van der Waals surface area (Å²) in [6.45, 7) is 8.23. The maximum atomic E-state index is 13.8. The molecule has 0 aliphatic carbocycles. The molecule has 4 atom stereocenters. The van der Waals surface area contributed by atoms with E-state index in [1.54, 1.807) is 18.5 Å². The smallest absolute Gasteiger partial charge is 0.244 e. The van der Waals surface area contributed by atoms with Crippen LogP contribution in [0.25, 0.3) is 11.4 Å².